The lowest BCUT2D eigenvalue weighted by atomic mass is 10.1. The van der Waals surface area contributed by atoms with Gasteiger partial charge in [-0.05, 0) is 45.9 Å². The number of hydrogen-bond donors (Lipinski definition) is 2. The Bertz CT molecular complexity index is 1380. The van der Waals surface area contributed by atoms with Crippen LogP contribution in [-0.4, -0.2) is 53.2 Å². The minimum atomic E-state index is -5.08. The van der Waals surface area contributed by atoms with Crippen molar-refractivity contribution in [3.05, 3.63) is 48.3 Å². The molecule has 0 aliphatic heterocycles. The van der Waals surface area contributed by atoms with Gasteiger partial charge in [0.05, 0.1) is 47.8 Å². The Morgan fingerprint density at radius 3 is 2.54 bits per heavy atom. The highest BCUT2D eigenvalue weighted by atomic mass is 19.4. The molecule has 0 amide bonds. The third-order valence-corrected chi connectivity index (χ3v) is 5.10. The summed E-state index contributed by atoms with van der Waals surface area (Å²) >= 11 is 0. The molecule has 4 rings (SSSR count). The molecule has 37 heavy (non-hydrogen) atoms. The highest BCUT2D eigenvalue weighted by molar-refractivity contribution is 5.93. The fraction of sp³-hybridized carbons (Fsp3) is 0.375. The highest BCUT2D eigenvalue weighted by Crippen LogP contribution is 2.34. The largest absolute Gasteiger partial charge is 0.490 e. The van der Waals surface area contributed by atoms with Crippen LogP contribution < -0.4 is 10.1 Å². The van der Waals surface area contributed by atoms with Gasteiger partial charge in [0.2, 0.25) is 5.88 Å². The first-order valence-corrected chi connectivity index (χ1v) is 11.4. The molecule has 0 saturated carbocycles. The Morgan fingerprint density at radius 2 is 1.97 bits per heavy atom. The van der Waals surface area contributed by atoms with Crippen molar-refractivity contribution in [2.24, 2.45) is 7.05 Å². The SMILES string of the molecule is CCOc1ncccc1-c1cc(NCc2cn(C)cn2)c2c(n1)c(C)nn2C(C)C.O=C(O)C(F)(F)F. The number of carboxylic acids is 1. The number of rotatable bonds is 7. The second kappa shape index (κ2) is 11.3. The predicted octanol–water partition coefficient (Wildman–Crippen LogP) is 4.76. The molecule has 0 fully saturated rings. The van der Waals surface area contributed by atoms with Crippen LogP contribution in [0.4, 0.5) is 18.9 Å². The van der Waals surface area contributed by atoms with Gasteiger partial charge in [0.15, 0.2) is 0 Å². The lowest BCUT2D eigenvalue weighted by Crippen LogP contribution is -2.21. The molecule has 0 aliphatic rings. The Balaban J connectivity index is 0.000000479. The number of imidazole rings is 1. The van der Waals surface area contributed by atoms with E-state index < -0.39 is 12.1 Å². The molecule has 13 heteroatoms. The zero-order valence-electron chi connectivity index (χ0n) is 21.0. The first-order valence-electron chi connectivity index (χ1n) is 11.4. The van der Waals surface area contributed by atoms with Crippen LogP contribution >= 0.6 is 0 Å². The zero-order valence-corrected chi connectivity index (χ0v) is 21.0. The molecule has 0 spiro atoms. The number of aromatic nitrogens is 6. The predicted molar refractivity (Wildman–Crippen MR) is 131 cm³/mol. The van der Waals surface area contributed by atoms with Crippen molar-refractivity contribution in [3.63, 3.8) is 0 Å². The van der Waals surface area contributed by atoms with Crippen molar-refractivity contribution in [2.45, 2.75) is 46.5 Å². The average Bonchev–Trinajstić information content (AvgIpc) is 3.41. The van der Waals surface area contributed by atoms with E-state index in [2.05, 4.69) is 29.1 Å². The number of nitrogens with zero attached hydrogens (tertiary/aromatic N) is 6. The van der Waals surface area contributed by atoms with Crippen LogP contribution in [0.2, 0.25) is 0 Å². The summed E-state index contributed by atoms with van der Waals surface area (Å²) in [5.41, 5.74) is 6.34. The number of aryl methyl sites for hydroxylation is 2. The maximum atomic E-state index is 10.6. The van der Waals surface area contributed by atoms with Gasteiger partial charge in [-0.3, -0.25) is 4.68 Å². The highest BCUT2D eigenvalue weighted by Gasteiger charge is 2.38. The van der Waals surface area contributed by atoms with Crippen LogP contribution in [0.1, 0.15) is 38.2 Å². The van der Waals surface area contributed by atoms with Crippen LogP contribution in [0.15, 0.2) is 36.9 Å². The molecule has 4 aromatic rings. The molecule has 0 aromatic carbocycles. The Labute approximate surface area is 211 Å². The number of nitrogens with one attached hydrogen (secondary N) is 1. The van der Waals surface area contributed by atoms with E-state index in [0.29, 0.717) is 19.0 Å². The molecule has 10 nitrogen and oxygen atoms in total. The summed E-state index contributed by atoms with van der Waals surface area (Å²) in [4.78, 5) is 22.7. The molecular formula is C24H28F3N7O3. The summed E-state index contributed by atoms with van der Waals surface area (Å²) in [6.45, 7) is 9.33. The minimum absolute atomic E-state index is 0.210. The van der Waals surface area contributed by atoms with Gasteiger partial charge < -0.3 is 19.7 Å². The number of alkyl halides is 3. The molecule has 2 N–H and O–H groups in total. The molecule has 0 bridgehead atoms. The van der Waals surface area contributed by atoms with Gasteiger partial charge in [-0.1, -0.05) is 0 Å². The van der Waals surface area contributed by atoms with Crippen LogP contribution in [0.5, 0.6) is 5.88 Å². The van der Waals surface area contributed by atoms with E-state index in [0.717, 1.165) is 39.4 Å². The van der Waals surface area contributed by atoms with E-state index in [4.69, 9.17) is 24.7 Å². The fourth-order valence-corrected chi connectivity index (χ4v) is 3.51. The third-order valence-electron chi connectivity index (χ3n) is 5.10. The molecule has 0 saturated heterocycles. The summed E-state index contributed by atoms with van der Waals surface area (Å²) in [6, 6.07) is 6.14. The quantitative estimate of drug-likeness (QED) is 0.359. The van der Waals surface area contributed by atoms with E-state index >= 15 is 0 Å². The number of pyridine rings is 2. The molecular weight excluding hydrogens is 491 g/mol. The van der Waals surface area contributed by atoms with Crippen molar-refractivity contribution in [2.75, 3.05) is 11.9 Å². The average molecular weight is 520 g/mol. The van der Waals surface area contributed by atoms with Crippen LogP contribution in [0.3, 0.4) is 0 Å². The second-order valence-electron chi connectivity index (χ2n) is 8.35. The van der Waals surface area contributed by atoms with E-state index in [1.807, 2.05) is 54.5 Å². The maximum absolute atomic E-state index is 10.6. The van der Waals surface area contributed by atoms with E-state index in [9.17, 15) is 13.2 Å². The molecule has 198 valence electrons. The van der Waals surface area contributed by atoms with Gasteiger partial charge in [0.25, 0.3) is 0 Å². The van der Waals surface area contributed by atoms with Gasteiger partial charge >= 0.3 is 12.1 Å². The van der Waals surface area contributed by atoms with E-state index in [-0.39, 0.29) is 6.04 Å². The topological polar surface area (TPSA) is 120 Å². The van der Waals surface area contributed by atoms with E-state index in [1.54, 1.807) is 12.5 Å². The van der Waals surface area contributed by atoms with Crippen molar-refractivity contribution in [3.8, 4) is 17.1 Å². The smallest absolute Gasteiger partial charge is 0.477 e. The third kappa shape index (κ3) is 6.54. The molecule has 0 aliphatic carbocycles. The molecule has 0 atom stereocenters. The fourth-order valence-electron chi connectivity index (χ4n) is 3.51. The van der Waals surface area contributed by atoms with Gasteiger partial charge in [-0.2, -0.15) is 18.3 Å². The first kappa shape index (κ1) is 27.4. The second-order valence-corrected chi connectivity index (χ2v) is 8.35. The van der Waals surface area contributed by atoms with Crippen LogP contribution in [0.25, 0.3) is 22.3 Å². The Morgan fingerprint density at radius 1 is 1.27 bits per heavy atom. The van der Waals surface area contributed by atoms with Crippen molar-refractivity contribution in [1.82, 2.24) is 29.3 Å². The normalized spacial score (nSPS) is 11.4. The van der Waals surface area contributed by atoms with Crippen molar-refractivity contribution in [1.29, 1.82) is 0 Å². The minimum Gasteiger partial charge on any atom is -0.477 e. The standard InChI is InChI=1S/C22H27N7O.C2HF3O2/c1-6-30-22-17(8-7-9-23-22)18-10-19(24-11-16-12-28(5)13-25-16)21-20(26-18)15(4)27-29(21)14(2)3;3-2(4,5)1(6)7/h7-10,12-14H,6,11H2,1-5H3,(H,24,26);(H,6,7). The van der Waals surface area contributed by atoms with Gasteiger partial charge in [-0.15, -0.1) is 0 Å². The maximum Gasteiger partial charge on any atom is 0.490 e. The number of carboxylic acid groups (broad SMARTS) is 1. The summed E-state index contributed by atoms with van der Waals surface area (Å²) in [7, 11) is 1.97. The summed E-state index contributed by atoms with van der Waals surface area (Å²) < 4.78 is 41.4. The zero-order chi connectivity index (χ0) is 27.3. The molecule has 0 radical (unpaired) electrons. The number of anilines is 1. The summed E-state index contributed by atoms with van der Waals surface area (Å²) in [6.07, 6.45) is 0.456. The molecule has 0 unspecified atom stereocenters. The number of carbonyl (C=O) groups is 1. The number of halogens is 3. The van der Waals surface area contributed by atoms with Crippen molar-refractivity contribution >= 4 is 22.7 Å². The molecule has 4 heterocycles. The lowest BCUT2D eigenvalue weighted by Gasteiger charge is -2.14. The van der Waals surface area contributed by atoms with Crippen molar-refractivity contribution < 1.29 is 27.8 Å². The van der Waals surface area contributed by atoms with Crippen LogP contribution in [-0.2, 0) is 18.4 Å². The number of aliphatic carboxylic acids is 1. The summed E-state index contributed by atoms with van der Waals surface area (Å²) in [5, 5.41) is 15.4. The van der Waals surface area contributed by atoms with Gasteiger partial charge in [0, 0.05) is 25.5 Å². The first-order chi connectivity index (χ1) is 17.4. The lowest BCUT2D eigenvalue weighted by molar-refractivity contribution is -0.192. The number of fused-ring (bicyclic) bond motifs is 1. The Kier molecular flexibility index (Phi) is 8.35. The van der Waals surface area contributed by atoms with Gasteiger partial charge in [0.1, 0.15) is 11.0 Å². The summed E-state index contributed by atoms with van der Waals surface area (Å²) in [5.74, 6) is -2.18. The number of hydrogen-bond acceptors (Lipinski definition) is 7. The Hall–Kier alpha value is -4.16. The number of ether oxygens (including phenoxy) is 1. The van der Waals surface area contributed by atoms with Gasteiger partial charge in [-0.25, -0.2) is 19.7 Å². The molecule has 4 aromatic heterocycles. The van der Waals surface area contributed by atoms with Crippen LogP contribution in [0, 0.1) is 6.92 Å². The monoisotopic (exact) mass is 519 g/mol. The van der Waals surface area contributed by atoms with E-state index in [1.165, 1.54) is 0 Å².